The van der Waals surface area contributed by atoms with Gasteiger partial charge in [0.05, 0.1) is 0 Å². The summed E-state index contributed by atoms with van der Waals surface area (Å²) in [7, 11) is 0. The van der Waals surface area contributed by atoms with Gasteiger partial charge in [-0.05, 0) is 31.4 Å². The number of hydrazine groups is 1. The average Bonchev–Trinajstić information content (AvgIpc) is 2.24. The first kappa shape index (κ1) is 13.6. The Bertz CT molecular complexity index is 313. The fraction of sp³-hybridized carbons (Fsp3) is 0.538. The van der Waals surface area contributed by atoms with Crippen molar-refractivity contribution in [3.05, 3.63) is 29.8 Å². The molecule has 1 aromatic carbocycles. The molecule has 0 radical (unpaired) electrons. The summed E-state index contributed by atoms with van der Waals surface area (Å²) in [6.07, 6.45) is 1.12. The molecule has 0 aliphatic heterocycles. The number of nitrogens with two attached hydrogens (primary N) is 1. The number of hydrogen-bond donors (Lipinski definition) is 2. The van der Waals surface area contributed by atoms with Crippen LogP contribution in [0.2, 0.25) is 0 Å². The molecule has 2 nitrogen and oxygen atoms in total. The van der Waals surface area contributed by atoms with Gasteiger partial charge in [-0.15, -0.1) is 11.8 Å². The van der Waals surface area contributed by atoms with Gasteiger partial charge in [0, 0.05) is 16.7 Å². The normalized spacial score (nSPS) is 13.1. The van der Waals surface area contributed by atoms with E-state index in [1.807, 2.05) is 11.8 Å². The fourth-order valence-corrected chi connectivity index (χ4v) is 2.73. The maximum atomic E-state index is 5.55. The van der Waals surface area contributed by atoms with Crippen LogP contribution in [0.5, 0.6) is 0 Å². The summed E-state index contributed by atoms with van der Waals surface area (Å²) in [5.74, 6) is 7.26. The smallest absolute Gasteiger partial charge is 0.0307 e. The Labute approximate surface area is 103 Å². The zero-order valence-corrected chi connectivity index (χ0v) is 11.2. The molecular formula is C13H22N2S. The van der Waals surface area contributed by atoms with Gasteiger partial charge in [-0.2, -0.15) is 0 Å². The minimum Gasteiger partial charge on any atom is -0.271 e. The molecule has 0 aliphatic rings. The lowest BCUT2D eigenvalue weighted by atomic mass is 10.1. The third kappa shape index (κ3) is 5.01. The fourth-order valence-electron chi connectivity index (χ4n) is 1.66. The molecule has 90 valence electrons. The molecule has 0 fully saturated rings. The minimum absolute atomic E-state index is 0.394. The lowest BCUT2D eigenvalue weighted by Crippen LogP contribution is -2.37. The van der Waals surface area contributed by atoms with Crippen LogP contribution in [-0.2, 0) is 0 Å². The number of aryl methyl sites for hydroxylation is 1. The van der Waals surface area contributed by atoms with Crippen LogP contribution in [0.15, 0.2) is 29.2 Å². The van der Waals surface area contributed by atoms with E-state index in [1.165, 1.54) is 10.5 Å². The third-order valence-electron chi connectivity index (χ3n) is 2.43. The number of rotatable bonds is 6. The summed E-state index contributed by atoms with van der Waals surface area (Å²) >= 11 is 1.87. The maximum Gasteiger partial charge on any atom is 0.0307 e. The predicted molar refractivity (Wildman–Crippen MR) is 72.5 cm³/mol. The largest absolute Gasteiger partial charge is 0.271 e. The summed E-state index contributed by atoms with van der Waals surface area (Å²) in [5, 5.41) is 0. The van der Waals surface area contributed by atoms with Gasteiger partial charge in [0.25, 0.3) is 0 Å². The van der Waals surface area contributed by atoms with Crippen molar-refractivity contribution < 1.29 is 0 Å². The van der Waals surface area contributed by atoms with Gasteiger partial charge in [-0.1, -0.05) is 31.5 Å². The zero-order chi connectivity index (χ0) is 12.0. The lowest BCUT2D eigenvalue weighted by Gasteiger charge is -2.17. The Morgan fingerprint density at radius 2 is 2.12 bits per heavy atom. The van der Waals surface area contributed by atoms with Crippen LogP contribution in [0.25, 0.3) is 0 Å². The van der Waals surface area contributed by atoms with E-state index < -0.39 is 0 Å². The first-order valence-electron chi connectivity index (χ1n) is 5.77. The summed E-state index contributed by atoms with van der Waals surface area (Å²) in [4.78, 5) is 1.32. The molecule has 1 atom stereocenters. The second-order valence-corrected chi connectivity index (χ2v) is 5.71. The Morgan fingerprint density at radius 3 is 2.69 bits per heavy atom. The Morgan fingerprint density at radius 1 is 1.38 bits per heavy atom. The van der Waals surface area contributed by atoms with Crippen LogP contribution in [-0.4, -0.2) is 11.8 Å². The molecule has 0 aromatic heterocycles. The summed E-state index contributed by atoms with van der Waals surface area (Å²) in [5.41, 5.74) is 4.21. The van der Waals surface area contributed by atoms with E-state index in [0.29, 0.717) is 12.0 Å². The van der Waals surface area contributed by atoms with Gasteiger partial charge in [0.1, 0.15) is 0 Å². The molecule has 0 spiro atoms. The van der Waals surface area contributed by atoms with Crippen LogP contribution in [0, 0.1) is 12.8 Å². The predicted octanol–water partition coefficient (Wildman–Crippen LogP) is 2.97. The molecule has 0 bridgehead atoms. The Hall–Kier alpha value is -0.510. The van der Waals surface area contributed by atoms with E-state index in [4.69, 9.17) is 5.84 Å². The van der Waals surface area contributed by atoms with Crippen molar-refractivity contribution in [2.45, 2.75) is 38.1 Å². The van der Waals surface area contributed by atoms with E-state index in [2.05, 4.69) is 50.5 Å². The van der Waals surface area contributed by atoms with Crippen LogP contribution < -0.4 is 11.3 Å². The van der Waals surface area contributed by atoms with Crippen LogP contribution in [0.4, 0.5) is 0 Å². The van der Waals surface area contributed by atoms with Gasteiger partial charge >= 0.3 is 0 Å². The topological polar surface area (TPSA) is 38.0 Å². The minimum atomic E-state index is 0.394. The molecule has 3 heteroatoms. The SMILES string of the molecule is Cc1cccc(SCC(CC(C)C)NN)c1. The highest BCUT2D eigenvalue weighted by atomic mass is 32.2. The number of benzene rings is 1. The van der Waals surface area contributed by atoms with Crippen molar-refractivity contribution in [3.8, 4) is 0 Å². The molecule has 0 amide bonds. The molecule has 0 aliphatic carbocycles. The lowest BCUT2D eigenvalue weighted by molar-refractivity contribution is 0.456. The molecule has 1 aromatic rings. The highest BCUT2D eigenvalue weighted by molar-refractivity contribution is 7.99. The second kappa shape index (κ2) is 6.94. The molecule has 1 rings (SSSR count). The van der Waals surface area contributed by atoms with E-state index in [-0.39, 0.29) is 0 Å². The van der Waals surface area contributed by atoms with Gasteiger partial charge in [0.2, 0.25) is 0 Å². The third-order valence-corrected chi connectivity index (χ3v) is 3.59. The zero-order valence-electron chi connectivity index (χ0n) is 10.4. The van der Waals surface area contributed by atoms with E-state index in [0.717, 1.165) is 12.2 Å². The Kier molecular flexibility index (Phi) is 5.88. The van der Waals surface area contributed by atoms with Crippen LogP contribution in [0.1, 0.15) is 25.8 Å². The van der Waals surface area contributed by atoms with E-state index in [9.17, 15) is 0 Å². The second-order valence-electron chi connectivity index (χ2n) is 4.62. The van der Waals surface area contributed by atoms with Crippen molar-refractivity contribution in [1.82, 2.24) is 5.43 Å². The quantitative estimate of drug-likeness (QED) is 0.454. The summed E-state index contributed by atoms with van der Waals surface area (Å²) in [6, 6.07) is 8.99. The molecule has 0 heterocycles. The van der Waals surface area contributed by atoms with Gasteiger partial charge in [-0.25, -0.2) is 0 Å². The van der Waals surface area contributed by atoms with E-state index >= 15 is 0 Å². The monoisotopic (exact) mass is 238 g/mol. The molecule has 3 N–H and O–H groups in total. The van der Waals surface area contributed by atoms with Crippen LogP contribution in [0.3, 0.4) is 0 Å². The van der Waals surface area contributed by atoms with E-state index in [1.54, 1.807) is 0 Å². The van der Waals surface area contributed by atoms with Crippen molar-refractivity contribution in [1.29, 1.82) is 0 Å². The number of hydrogen-bond acceptors (Lipinski definition) is 3. The average molecular weight is 238 g/mol. The number of thioether (sulfide) groups is 1. The van der Waals surface area contributed by atoms with Crippen molar-refractivity contribution >= 4 is 11.8 Å². The van der Waals surface area contributed by atoms with Crippen molar-refractivity contribution in [2.75, 3.05) is 5.75 Å². The maximum absolute atomic E-state index is 5.55. The highest BCUT2D eigenvalue weighted by Crippen LogP contribution is 2.21. The first-order chi connectivity index (χ1) is 7.61. The molecule has 1 unspecified atom stereocenters. The standard InChI is InChI=1S/C13H22N2S/c1-10(2)7-12(15-14)9-16-13-6-4-5-11(3)8-13/h4-6,8,10,12,15H,7,9,14H2,1-3H3. The summed E-state index contributed by atoms with van der Waals surface area (Å²) < 4.78 is 0. The Balaban J connectivity index is 2.43. The first-order valence-corrected chi connectivity index (χ1v) is 6.76. The van der Waals surface area contributed by atoms with Gasteiger partial charge in [-0.3, -0.25) is 11.3 Å². The van der Waals surface area contributed by atoms with Gasteiger partial charge < -0.3 is 0 Å². The molecule has 0 saturated carbocycles. The van der Waals surface area contributed by atoms with Gasteiger partial charge in [0.15, 0.2) is 0 Å². The molecule has 0 saturated heterocycles. The van der Waals surface area contributed by atoms with Crippen molar-refractivity contribution in [3.63, 3.8) is 0 Å². The molecule has 16 heavy (non-hydrogen) atoms. The summed E-state index contributed by atoms with van der Waals surface area (Å²) in [6.45, 7) is 6.57. The number of nitrogens with one attached hydrogen (secondary N) is 1. The highest BCUT2D eigenvalue weighted by Gasteiger charge is 2.09. The van der Waals surface area contributed by atoms with Crippen LogP contribution >= 0.6 is 11.8 Å². The molecular weight excluding hydrogens is 216 g/mol. The van der Waals surface area contributed by atoms with Crippen molar-refractivity contribution in [2.24, 2.45) is 11.8 Å².